The molecule has 0 amide bonds. The monoisotopic (exact) mass is 324 g/mol. The summed E-state index contributed by atoms with van der Waals surface area (Å²) >= 11 is 0. The summed E-state index contributed by atoms with van der Waals surface area (Å²) in [5.74, 6) is 0.213. The van der Waals surface area contributed by atoms with Crippen molar-refractivity contribution in [3.8, 4) is 0 Å². The number of fused-ring (bicyclic) bond motifs is 2. The molecule has 5 rings (SSSR count). The Morgan fingerprint density at radius 3 is 2.54 bits per heavy atom. The number of aryl methyl sites for hydroxylation is 1. The maximum atomic E-state index is 5.98. The molecule has 3 aliphatic rings. The number of benzene rings is 1. The topological polar surface area (TPSA) is 36.3 Å². The van der Waals surface area contributed by atoms with Gasteiger partial charge in [0.25, 0.3) is 0 Å². The molecule has 0 radical (unpaired) electrons. The van der Waals surface area contributed by atoms with E-state index in [2.05, 4.69) is 41.8 Å². The fourth-order valence-corrected chi connectivity index (χ4v) is 5.32. The van der Waals surface area contributed by atoms with Crippen LogP contribution in [0.1, 0.15) is 48.3 Å². The maximum Gasteiger partial charge on any atom is 0.168 e. The minimum atomic E-state index is -0.303. The molecular weight excluding hydrogens is 300 g/mol. The Hall–Kier alpha value is -1.65. The molecule has 0 N–H and O–H groups in total. The predicted molar refractivity (Wildman–Crippen MR) is 90.9 cm³/mol. The highest BCUT2D eigenvalue weighted by Gasteiger charge is 2.53. The lowest BCUT2D eigenvalue weighted by Gasteiger charge is -2.45. The summed E-state index contributed by atoms with van der Waals surface area (Å²) in [6, 6.07) is 9.02. The molecule has 2 aliphatic carbocycles. The Balaban J connectivity index is 1.55. The van der Waals surface area contributed by atoms with Crippen molar-refractivity contribution in [1.82, 2.24) is 9.78 Å². The third-order valence-electron chi connectivity index (χ3n) is 6.49. The molecule has 2 heterocycles. The van der Waals surface area contributed by atoms with Gasteiger partial charge in [-0.1, -0.05) is 24.3 Å². The van der Waals surface area contributed by atoms with Crippen LogP contribution in [0, 0.1) is 0 Å². The van der Waals surface area contributed by atoms with Crippen molar-refractivity contribution in [2.45, 2.75) is 49.2 Å². The fraction of sp³-hybridized carbons (Fsp3) is 0.550. The van der Waals surface area contributed by atoms with Crippen molar-refractivity contribution in [3.63, 3.8) is 0 Å². The molecule has 0 bridgehead atoms. The second kappa shape index (κ2) is 5.17. The largest absolute Gasteiger partial charge is 0.348 e. The van der Waals surface area contributed by atoms with Crippen LogP contribution in [0.2, 0.25) is 0 Å². The number of rotatable bonds is 1. The van der Waals surface area contributed by atoms with Crippen LogP contribution >= 0.6 is 0 Å². The van der Waals surface area contributed by atoms with E-state index in [4.69, 9.17) is 9.47 Å². The van der Waals surface area contributed by atoms with Gasteiger partial charge in [-0.15, -0.1) is 0 Å². The van der Waals surface area contributed by atoms with Gasteiger partial charge in [-0.05, 0) is 36.0 Å². The first-order valence-corrected chi connectivity index (χ1v) is 9.06. The second-order valence-electron chi connectivity index (χ2n) is 7.62. The van der Waals surface area contributed by atoms with Gasteiger partial charge in [-0.2, -0.15) is 5.10 Å². The Bertz CT molecular complexity index is 751. The van der Waals surface area contributed by atoms with Crippen LogP contribution in [0.25, 0.3) is 0 Å². The van der Waals surface area contributed by atoms with Gasteiger partial charge < -0.3 is 9.47 Å². The van der Waals surface area contributed by atoms with Crippen molar-refractivity contribution >= 4 is 0 Å². The van der Waals surface area contributed by atoms with E-state index in [9.17, 15) is 0 Å². The second-order valence-corrected chi connectivity index (χ2v) is 7.62. The highest BCUT2D eigenvalue weighted by atomic mass is 16.7. The Morgan fingerprint density at radius 1 is 1.08 bits per heavy atom. The molecule has 1 atom stereocenters. The van der Waals surface area contributed by atoms with E-state index in [0.717, 1.165) is 45.3 Å². The third kappa shape index (κ3) is 2.02. The van der Waals surface area contributed by atoms with Crippen molar-refractivity contribution < 1.29 is 9.47 Å². The third-order valence-corrected chi connectivity index (χ3v) is 6.49. The minimum Gasteiger partial charge on any atom is -0.348 e. The van der Waals surface area contributed by atoms with Crippen molar-refractivity contribution in [2.75, 3.05) is 13.2 Å². The van der Waals surface area contributed by atoms with E-state index in [0.29, 0.717) is 5.92 Å². The molecule has 126 valence electrons. The number of hydrogen-bond acceptors (Lipinski definition) is 3. The lowest BCUT2D eigenvalue weighted by atomic mass is 9.62. The van der Waals surface area contributed by atoms with Gasteiger partial charge in [0.2, 0.25) is 0 Å². The van der Waals surface area contributed by atoms with Crippen LogP contribution < -0.4 is 0 Å². The molecule has 24 heavy (non-hydrogen) atoms. The van der Waals surface area contributed by atoms with E-state index < -0.39 is 0 Å². The van der Waals surface area contributed by atoms with Crippen LogP contribution in [0.5, 0.6) is 0 Å². The van der Waals surface area contributed by atoms with Crippen molar-refractivity contribution in [3.05, 3.63) is 53.3 Å². The smallest absolute Gasteiger partial charge is 0.168 e. The average molecular weight is 324 g/mol. The van der Waals surface area contributed by atoms with Gasteiger partial charge >= 0.3 is 0 Å². The summed E-state index contributed by atoms with van der Waals surface area (Å²) in [5, 5.41) is 4.44. The highest BCUT2D eigenvalue weighted by Crippen LogP contribution is 2.58. The lowest BCUT2D eigenvalue weighted by Crippen LogP contribution is -2.43. The molecule has 4 heteroatoms. The molecule has 1 unspecified atom stereocenters. The summed E-state index contributed by atoms with van der Waals surface area (Å²) in [4.78, 5) is 0. The first-order chi connectivity index (χ1) is 11.7. The van der Waals surface area contributed by atoms with Crippen LogP contribution in [-0.2, 0) is 28.4 Å². The fourth-order valence-electron chi connectivity index (χ4n) is 5.32. The molecule has 1 aromatic carbocycles. The van der Waals surface area contributed by atoms with E-state index >= 15 is 0 Å². The summed E-state index contributed by atoms with van der Waals surface area (Å²) in [6.07, 6.45) is 9.64. The molecule has 1 saturated carbocycles. The minimum absolute atomic E-state index is 0.209. The maximum absolute atomic E-state index is 5.98. The molecule has 1 saturated heterocycles. The Kier molecular flexibility index (Phi) is 3.16. The van der Waals surface area contributed by atoms with Gasteiger partial charge in [-0.25, -0.2) is 0 Å². The molecular formula is C20H24N2O2. The zero-order valence-corrected chi connectivity index (χ0v) is 14.2. The summed E-state index contributed by atoms with van der Waals surface area (Å²) in [5.41, 5.74) is 4.64. The summed E-state index contributed by atoms with van der Waals surface area (Å²) in [7, 11) is 2.01. The normalized spacial score (nSPS) is 27.0. The number of aromatic nitrogens is 2. The predicted octanol–water partition coefficient (Wildman–Crippen LogP) is 3.31. The number of nitrogens with zero attached hydrogens (tertiary/aromatic N) is 2. The van der Waals surface area contributed by atoms with Crippen molar-refractivity contribution in [1.29, 1.82) is 0 Å². The number of ether oxygens (including phenoxy) is 2. The molecule has 2 spiro atoms. The van der Waals surface area contributed by atoms with Gasteiger partial charge in [0.1, 0.15) is 0 Å². The van der Waals surface area contributed by atoms with Gasteiger partial charge in [0, 0.05) is 37.4 Å². The van der Waals surface area contributed by atoms with Crippen molar-refractivity contribution in [2.24, 2.45) is 7.05 Å². The molecule has 2 aromatic rings. The van der Waals surface area contributed by atoms with Crippen LogP contribution in [0.3, 0.4) is 0 Å². The van der Waals surface area contributed by atoms with Crippen LogP contribution in [0.15, 0.2) is 36.7 Å². The summed E-state index contributed by atoms with van der Waals surface area (Å²) < 4.78 is 13.9. The van der Waals surface area contributed by atoms with E-state index in [-0.39, 0.29) is 11.2 Å². The first kappa shape index (κ1) is 14.7. The van der Waals surface area contributed by atoms with E-state index in [1.807, 2.05) is 11.7 Å². The lowest BCUT2D eigenvalue weighted by molar-refractivity contribution is -0.186. The zero-order valence-electron chi connectivity index (χ0n) is 14.2. The molecule has 1 aromatic heterocycles. The van der Waals surface area contributed by atoms with Crippen LogP contribution in [0.4, 0.5) is 0 Å². The number of hydrogen-bond donors (Lipinski definition) is 0. The molecule has 4 nitrogen and oxygen atoms in total. The highest BCUT2D eigenvalue weighted by molar-refractivity contribution is 5.46. The SMILES string of the molecule is Cn1cc(C2Cc3ccccc3C23CCC2(CC3)OCCO2)cn1. The molecule has 1 aliphatic heterocycles. The zero-order chi connectivity index (χ0) is 16.2. The van der Waals surface area contributed by atoms with Gasteiger partial charge in [0.05, 0.1) is 19.4 Å². The van der Waals surface area contributed by atoms with Gasteiger partial charge in [-0.3, -0.25) is 4.68 Å². The van der Waals surface area contributed by atoms with E-state index in [1.165, 1.54) is 11.1 Å². The van der Waals surface area contributed by atoms with Crippen LogP contribution in [-0.4, -0.2) is 28.8 Å². The Morgan fingerprint density at radius 2 is 1.83 bits per heavy atom. The average Bonchev–Trinajstić information content (AvgIpc) is 3.30. The molecule has 2 fully saturated rings. The standard InChI is InChI=1S/C20H24N2O2/c1-22-14-16(13-21-22)18-12-15-4-2-3-5-17(15)19(18)6-8-20(9-7-19)23-10-11-24-20/h2-5,13-14,18H,6-12H2,1H3. The first-order valence-electron chi connectivity index (χ1n) is 9.06. The Labute approximate surface area is 142 Å². The van der Waals surface area contributed by atoms with Gasteiger partial charge in [0.15, 0.2) is 5.79 Å². The van der Waals surface area contributed by atoms with E-state index in [1.54, 1.807) is 5.56 Å². The quantitative estimate of drug-likeness (QED) is 0.807. The summed E-state index contributed by atoms with van der Waals surface area (Å²) in [6.45, 7) is 1.49.